The highest BCUT2D eigenvalue weighted by molar-refractivity contribution is 6.01. The van der Waals surface area contributed by atoms with E-state index in [1.54, 1.807) is 0 Å². The fourth-order valence-corrected chi connectivity index (χ4v) is 1.61. The number of carbonyl (C=O) groups is 1. The van der Waals surface area contributed by atoms with Crippen LogP contribution in [0.15, 0.2) is 23.8 Å². The normalized spacial score (nSPS) is 31.6. The summed E-state index contributed by atoms with van der Waals surface area (Å²) in [6, 6.07) is -0.339. The van der Waals surface area contributed by atoms with Crippen LogP contribution in [0.2, 0.25) is 0 Å². The number of amidine groups is 1. The van der Waals surface area contributed by atoms with Gasteiger partial charge >= 0.3 is 6.03 Å². The van der Waals surface area contributed by atoms with Gasteiger partial charge in [0.2, 0.25) is 0 Å². The molecule has 4 nitrogen and oxygen atoms in total. The van der Waals surface area contributed by atoms with Crippen molar-refractivity contribution < 1.29 is 4.79 Å². The summed E-state index contributed by atoms with van der Waals surface area (Å²) in [4.78, 5) is 11.0. The summed E-state index contributed by atoms with van der Waals surface area (Å²) in [7, 11) is 0. The van der Waals surface area contributed by atoms with Gasteiger partial charge in [-0.05, 0) is 6.92 Å². The number of urea groups is 1. The molecule has 0 saturated carbocycles. The Balaban J connectivity index is 2.27. The number of rotatable bonds is 0. The van der Waals surface area contributed by atoms with Crippen LogP contribution in [-0.2, 0) is 0 Å². The van der Waals surface area contributed by atoms with Gasteiger partial charge in [0.1, 0.15) is 5.84 Å². The van der Waals surface area contributed by atoms with E-state index in [1.807, 2.05) is 25.2 Å². The third-order valence-corrected chi connectivity index (χ3v) is 2.28. The van der Waals surface area contributed by atoms with E-state index in [-0.39, 0.29) is 23.8 Å². The zero-order valence-electron chi connectivity index (χ0n) is 7.29. The molecule has 1 saturated heterocycles. The van der Waals surface area contributed by atoms with E-state index in [0.717, 1.165) is 5.57 Å². The fraction of sp³-hybridized carbons (Fsp3) is 0.333. The van der Waals surface area contributed by atoms with Crippen molar-refractivity contribution in [3.8, 4) is 0 Å². The smallest absolute Gasteiger partial charge is 0.320 e. The predicted octanol–water partition coefficient (Wildman–Crippen LogP) is 0.777. The van der Waals surface area contributed by atoms with Crippen LogP contribution in [0.1, 0.15) is 6.92 Å². The van der Waals surface area contributed by atoms with Gasteiger partial charge in [-0.25, -0.2) is 4.79 Å². The SMILES string of the molecule is CC1=CC2C(=N)NC(=O)NC2C=C1. The molecule has 0 aromatic rings. The van der Waals surface area contributed by atoms with Crippen molar-refractivity contribution in [2.24, 2.45) is 5.92 Å². The monoisotopic (exact) mass is 177 g/mol. The molecule has 2 atom stereocenters. The molecule has 0 bridgehead atoms. The lowest BCUT2D eigenvalue weighted by atomic mass is 9.89. The first-order valence-corrected chi connectivity index (χ1v) is 4.19. The molecule has 0 radical (unpaired) electrons. The topological polar surface area (TPSA) is 65.0 Å². The summed E-state index contributed by atoms with van der Waals surface area (Å²) in [5.74, 6) is 0.250. The Hall–Kier alpha value is -1.58. The Morgan fingerprint density at radius 1 is 1.54 bits per heavy atom. The van der Waals surface area contributed by atoms with Gasteiger partial charge in [-0.2, -0.15) is 0 Å². The average Bonchev–Trinajstić information content (AvgIpc) is 2.06. The standard InChI is InChI=1S/C9H11N3O/c1-5-2-3-7-6(4-5)8(10)12-9(13)11-7/h2-4,6-7H,1H3,(H3,10,11,12,13). The van der Waals surface area contributed by atoms with Gasteiger partial charge in [0.05, 0.1) is 12.0 Å². The van der Waals surface area contributed by atoms with Crippen molar-refractivity contribution in [2.45, 2.75) is 13.0 Å². The maximum Gasteiger partial charge on any atom is 0.320 e. The van der Waals surface area contributed by atoms with Crippen LogP contribution in [-0.4, -0.2) is 17.9 Å². The minimum atomic E-state index is -0.288. The summed E-state index contributed by atoms with van der Waals surface area (Å²) < 4.78 is 0. The molecule has 68 valence electrons. The molecule has 13 heavy (non-hydrogen) atoms. The van der Waals surface area contributed by atoms with Crippen LogP contribution in [0.5, 0.6) is 0 Å². The maximum atomic E-state index is 11.0. The molecule has 2 rings (SSSR count). The molecular weight excluding hydrogens is 166 g/mol. The number of hydrogen-bond donors (Lipinski definition) is 3. The Kier molecular flexibility index (Phi) is 1.69. The molecule has 0 spiro atoms. The first-order chi connectivity index (χ1) is 6.16. The second kappa shape index (κ2) is 2.73. The third-order valence-electron chi connectivity index (χ3n) is 2.28. The van der Waals surface area contributed by atoms with Crippen molar-refractivity contribution >= 4 is 11.9 Å². The molecular formula is C9H11N3O. The Morgan fingerprint density at radius 2 is 2.31 bits per heavy atom. The van der Waals surface area contributed by atoms with E-state index in [1.165, 1.54) is 0 Å². The summed E-state index contributed by atoms with van der Waals surface area (Å²) in [6.45, 7) is 1.98. The van der Waals surface area contributed by atoms with E-state index >= 15 is 0 Å². The second-order valence-electron chi connectivity index (χ2n) is 3.33. The van der Waals surface area contributed by atoms with Gasteiger partial charge in [-0.1, -0.05) is 23.8 Å². The van der Waals surface area contributed by atoms with E-state index in [2.05, 4.69) is 10.6 Å². The van der Waals surface area contributed by atoms with Crippen LogP contribution in [0.25, 0.3) is 0 Å². The molecule has 1 aliphatic heterocycles. The molecule has 3 N–H and O–H groups in total. The van der Waals surface area contributed by atoms with E-state index in [4.69, 9.17) is 5.41 Å². The number of allylic oxidation sites excluding steroid dienone is 2. The lowest BCUT2D eigenvalue weighted by Crippen LogP contribution is -2.57. The zero-order chi connectivity index (χ0) is 9.42. The van der Waals surface area contributed by atoms with Crippen molar-refractivity contribution in [3.05, 3.63) is 23.8 Å². The summed E-state index contributed by atoms with van der Waals surface area (Å²) in [5, 5.41) is 12.8. The number of amides is 2. The number of nitrogens with one attached hydrogen (secondary N) is 3. The summed E-state index contributed by atoms with van der Waals surface area (Å²) >= 11 is 0. The highest BCUT2D eigenvalue weighted by atomic mass is 16.2. The lowest BCUT2D eigenvalue weighted by molar-refractivity contribution is 0.238. The highest BCUT2D eigenvalue weighted by Gasteiger charge is 2.30. The molecule has 1 heterocycles. The van der Waals surface area contributed by atoms with Crippen molar-refractivity contribution in [2.75, 3.05) is 0 Å². The van der Waals surface area contributed by atoms with Gasteiger partial charge < -0.3 is 5.32 Å². The zero-order valence-corrected chi connectivity index (χ0v) is 7.29. The van der Waals surface area contributed by atoms with Gasteiger partial charge in [0.15, 0.2) is 0 Å². The first kappa shape index (κ1) is 8.04. The van der Waals surface area contributed by atoms with E-state index in [0.29, 0.717) is 0 Å². The van der Waals surface area contributed by atoms with Gasteiger partial charge in [0, 0.05) is 0 Å². The summed E-state index contributed by atoms with van der Waals surface area (Å²) in [6.07, 6.45) is 5.87. The van der Waals surface area contributed by atoms with Crippen LogP contribution < -0.4 is 10.6 Å². The molecule has 1 fully saturated rings. The number of hydrogen-bond acceptors (Lipinski definition) is 2. The van der Waals surface area contributed by atoms with Crippen LogP contribution in [0.3, 0.4) is 0 Å². The van der Waals surface area contributed by atoms with Crippen LogP contribution in [0.4, 0.5) is 4.79 Å². The minimum Gasteiger partial charge on any atom is -0.331 e. The minimum absolute atomic E-state index is 0.0253. The summed E-state index contributed by atoms with van der Waals surface area (Å²) in [5.41, 5.74) is 1.13. The fourth-order valence-electron chi connectivity index (χ4n) is 1.61. The molecule has 2 amide bonds. The van der Waals surface area contributed by atoms with Gasteiger partial charge in [-0.15, -0.1) is 0 Å². The Bertz CT molecular complexity index is 330. The van der Waals surface area contributed by atoms with E-state index < -0.39 is 0 Å². The Labute approximate surface area is 76.2 Å². The van der Waals surface area contributed by atoms with Crippen LogP contribution in [0, 0.1) is 11.3 Å². The van der Waals surface area contributed by atoms with Gasteiger partial charge in [0.25, 0.3) is 0 Å². The van der Waals surface area contributed by atoms with E-state index in [9.17, 15) is 4.79 Å². The van der Waals surface area contributed by atoms with Crippen molar-refractivity contribution in [1.82, 2.24) is 10.6 Å². The predicted molar refractivity (Wildman–Crippen MR) is 49.6 cm³/mol. The van der Waals surface area contributed by atoms with Crippen molar-refractivity contribution in [1.29, 1.82) is 5.41 Å². The number of carbonyl (C=O) groups excluding carboxylic acids is 1. The molecule has 1 aliphatic carbocycles. The Morgan fingerprint density at radius 3 is 3.08 bits per heavy atom. The van der Waals surface area contributed by atoms with Crippen molar-refractivity contribution in [3.63, 3.8) is 0 Å². The molecule has 2 unspecified atom stereocenters. The third kappa shape index (κ3) is 1.35. The molecule has 4 heteroatoms. The molecule has 0 aromatic carbocycles. The highest BCUT2D eigenvalue weighted by Crippen LogP contribution is 2.19. The molecule has 2 aliphatic rings. The molecule has 0 aromatic heterocycles. The first-order valence-electron chi connectivity index (χ1n) is 4.19. The average molecular weight is 177 g/mol. The largest absolute Gasteiger partial charge is 0.331 e. The second-order valence-corrected chi connectivity index (χ2v) is 3.33. The lowest BCUT2D eigenvalue weighted by Gasteiger charge is -2.31. The number of fused-ring (bicyclic) bond motifs is 1. The quantitative estimate of drug-likeness (QED) is 0.503. The maximum absolute atomic E-state index is 11.0. The van der Waals surface area contributed by atoms with Gasteiger partial charge in [-0.3, -0.25) is 10.7 Å². The van der Waals surface area contributed by atoms with Crippen LogP contribution >= 0.6 is 0 Å².